The van der Waals surface area contributed by atoms with E-state index >= 15 is 0 Å². The summed E-state index contributed by atoms with van der Waals surface area (Å²) in [5.74, 6) is -1.64. The zero-order chi connectivity index (χ0) is 24.9. The normalized spacial score (nSPS) is 13.7. The van der Waals surface area contributed by atoms with Gasteiger partial charge in [-0.3, -0.25) is 9.59 Å². The number of unbranched alkanes of at least 4 members (excludes halogenated alkanes) is 4. The van der Waals surface area contributed by atoms with Crippen molar-refractivity contribution >= 4 is 11.9 Å². The van der Waals surface area contributed by atoms with Crippen LogP contribution in [0.2, 0.25) is 0 Å². The fourth-order valence-corrected chi connectivity index (χ4v) is 2.31. The van der Waals surface area contributed by atoms with Crippen LogP contribution in [0.15, 0.2) is 0 Å². The first-order chi connectivity index (χ1) is 14.3. The lowest BCUT2D eigenvalue weighted by molar-refractivity contribution is -0.138. The van der Waals surface area contributed by atoms with Gasteiger partial charge >= 0.3 is 11.9 Å². The molecule has 31 heavy (non-hydrogen) atoms. The predicted octanol–water partition coefficient (Wildman–Crippen LogP) is 0.888. The molecule has 3 atom stereocenters. The van der Waals surface area contributed by atoms with Crippen molar-refractivity contribution in [3.05, 3.63) is 0 Å². The highest BCUT2D eigenvalue weighted by molar-refractivity contribution is 5.66. The fraction of sp³-hybridized carbons (Fsp3) is 0.905. The smallest absolute Gasteiger partial charge is 0.303 e. The summed E-state index contributed by atoms with van der Waals surface area (Å²) >= 11 is 0. The topological polar surface area (TPSA) is 196 Å². The highest BCUT2D eigenvalue weighted by atomic mass is 16.4. The Morgan fingerprint density at radius 3 is 1.16 bits per heavy atom. The van der Waals surface area contributed by atoms with Crippen LogP contribution >= 0.6 is 0 Å². The number of aliphatic hydroxyl groups excluding tert-OH is 5. The summed E-state index contributed by atoms with van der Waals surface area (Å²) in [6.45, 7) is 4.33. The van der Waals surface area contributed by atoms with Crippen LogP contribution in [-0.2, 0) is 9.59 Å². The van der Waals surface area contributed by atoms with Crippen LogP contribution in [0.4, 0.5) is 0 Å². The van der Waals surface area contributed by atoms with Crippen LogP contribution in [0.3, 0.4) is 0 Å². The van der Waals surface area contributed by atoms with Gasteiger partial charge in [-0.25, -0.2) is 0 Å². The third-order valence-corrected chi connectivity index (χ3v) is 4.31. The van der Waals surface area contributed by atoms with Crippen molar-refractivity contribution in [3.8, 4) is 0 Å². The Hall–Kier alpha value is -1.30. The summed E-state index contributed by atoms with van der Waals surface area (Å²) in [5.41, 5.74) is -1.16. The molecule has 8 N–H and O–H groups in total. The van der Waals surface area contributed by atoms with E-state index in [1.165, 1.54) is 13.8 Å². The largest absolute Gasteiger partial charge is 0.481 e. The summed E-state index contributed by atoms with van der Waals surface area (Å²) in [6.07, 6.45) is 3.06. The number of carboxylic acids is 2. The van der Waals surface area contributed by atoms with E-state index in [0.29, 0.717) is 51.4 Å². The first-order valence-corrected chi connectivity index (χ1v) is 10.7. The van der Waals surface area contributed by atoms with Crippen LogP contribution in [0.1, 0.15) is 85.0 Å². The monoisotopic (exact) mass is 456 g/mol. The minimum absolute atomic E-state index is 0.127. The lowest BCUT2D eigenvalue weighted by Crippen LogP contribution is -2.40. The molecule has 0 aromatic carbocycles. The molecule has 0 aromatic rings. The van der Waals surface area contributed by atoms with E-state index in [9.17, 15) is 19.8 Å². The van der Waals surface area contributed by atoms with Crippen molar-refractivity contribution < 1.29 is 50.4 Å². The standard InChI is InChI=1S/C15H28O6.2C3H8O2/c1-12(16)15(21,10-6-2-4-8-13(17)18)11-7-3-5-9-14(19)20;2*1-3(5)2-4/h12,16,21H,2-11H2,1H3,(H,17,18)(H,19,20);2*3-5H,2H2,1H3. The van der Waals surface area contributed by atoms with Gasteiger partial charge in [-0.05, 0) is 46.5 Å². The van der Waals surface area contributed by atoms with E-state index in [2.05, 4.69) is 0 Å². The average molecular weight is 457 g/mol. The van der Waals surface area contributed by atoms with Crippen molar-refractivity contribution in [1.82, 2.24) is 0 Å². The first kappa shape index (κ1) is 34.3. The second kappa shape index (κ2) is 21.9. The van der Waals surface area contributed by atoms with Gasteiger partial charge in [0.15, 0.2) is 0 Å². The van der Waals surface area contributed by atoms with Crippen LogP contribution in [-0.4, -0.2) is 89.9 Å². The first-order valence-electron chi connectivity index (χ1n) is 10.7. The second-order valence-electron chi connectivity index (χ2n) is 7.75. The van der Waals surface area contributed by atoms with E-state index in [-0.39, 0.29) is 26.1 Å². The van der Waals surface area contributed by atoms with Crippen molar-refractivity contribution in [2.24, 2.45) is 0 Å². The zero-order valence-corrected chi connectivity index (χ0v) is 19.1. The summed E-state index contributed by atoms with van der Waals surface area (Å²) in [5, 5.41) is 69.2. The molecule has 0 saturated carbocycles. The van der Waals surface area contributed by atoms with Crippen molar-refractivity contribution in [2.45, 2.75) is 109 Å². The Bertz CT molecular complexity index is 392. The number of hydrogen-bond donors (Lipinski definition) is 8. The molecule has 0 radical (unpaired) electrons. The van der Waals surface area contributed by atoms with E-state index in [0.717, 1.165) is 0 Å². The summed E-state index contributed by atoms with van der Waals surface area (Å²) in [6, 6.07) is 0. The second-order valence-corrected chi connectivity index (χ2v) is 7.75. The van der Waals surface area contributed by atoms with Gasteiger partial charge in [-0.2, -0.15) is 0 Å². The Kier molecular flexibility index (Phi) is 24.3. The van der Waals surface area contributed by atoms with Gasteiger partial charge in [-0.15, -0.1) is 0 Å². The number of rotatable bonds is 15. The zero-order valence-electron chi connectivity index (χ0n) is 19.1. The number of hydrogen-bond acceptors (Lipinski definition) is 8. The van der Waals surface area contributed by atoms with Crippen molar-refractivity contribution in [2.75, 3.05) is 13.2 Å². The van der Waals surface area contributed by atoms with E-state index in [1.54, 1.807) is 6.92 Å². The molecule has 0 aromatic heterocycles. The Balaban J connectivity index is -0.000000646. The van der Waals surface area contributed by atoms with Crippen LogP contribution < -0.4 is 0 Å². The van der Waals surface area contributed by atoms with Gasteiger partial charge in [0.25, 0.3) is 0 Å². The summed E-state index contributed by atoms with van der Waals surface area (Å²) in [7, 11) is 0. The number of aliphatic hydroxyl groups is 6. The maximum atomic E-state index is 10.4. The Morgan fingerprint density at radius 2 is 0.968 bits per heavy atom. The molecule has 0 aliphatic carbocycles. The van der Waals surface area contributed by atoms with Gasteiger partial charge in [0.1, 0.15) is 0 Å². The minimum atomic E-state index is -1.16. The molecule has 3 unspecified atom stereocenters. The highest BCUT2D eigenvalue weighted by Crippen LogP contribution is 2.26. The minimum Gasteiger partial charge on any atom is -0.481 e. The van der Waals surface area contributed by atoms with Crippen molar-refractivity contribution in [1.29, 1.82) is 0 Å². The molecule has 0 aliphatic heterocycles. The molecule has 10 nitrogen and oxygen atoms in total. The van der Waals surface area contributed by atoms with Gasteiger partial charge < -0.3 is 40.9 Å². The highest BCUT2D eigenvalue weighted by Gasteiger charge is 2.31. The van der Waals surface area contributed by atoms with E-state index in [4.69, 9.17) is 30.6 Å². The fourth-order valence-electron chi connectivity index (χ4n) is 2.31. The molecule has 0 aliphatic rings. The quantitative estimate of drug-likeness (QED) is 0.164. The number of carbonyl (C=O) groups is 2. The molecule has 0 spiro atoms. The SMILES string of the molecule is CC(O)C(O)(CCCCCC(=O)O)CCCCCC(=O)O.CC(O)CO.CC(O)CO. The third kappa shape index (κ3) is 28.7. The van der Waals surface area contributed by atoms with Crippen LogP contribution in [0.5, 0.6) is 0 Å². The molecule has 0 heterocycles. The van der Waals surface area contributed by atoms with Gasteiger partial charge in [-0.1, -0.05) is 25.7 Å². The Morgan fingerprint density at radius 1 is 0.677 bits per heavy atom. The number of carboxylic acid groups (broad SMARTS) is 2. The van der Waals surface area contributed by atoms with Crippen LogP contribution in [0, 0.1) is 0 Å². The summed E-state index contributed by atoms with van der Waals surface area (Å²) < 4.78 is 0. The molecule has 0 amide bonds. The summed E-state index contributed by atoms with van der Waals surface area (Å²) in [4.78, 5) is 20.8. The molecular weight excluding hydrogens is 412 g/mol. The molecule has 0 saturated heterocycles. The molecular formula is C21H44O10. The maximum Gasteiger partial charge on any atom is 0.303 e. The third-order valence-electron chi connectivity index (χ3n) is 4.31. The molecule has 188 valence electrons. The molecule has 10 heteroatoms. The van der Waals surface area contributed by atoms with Gasteiger partial charge in [0, 0.05) is 12.8 Å². The number of aliphatic carboxylic acids is 2. The molecule has 0 rings (SSSR count). The Labute approximate surface area is 185 Å². The molecule has 0 bridgehead atoms. The maximum absolute atomic E-state index is 10.4. The van der Waals surface area contributed by atoms with Gasteiger partial charge in [0.2, 0.25) is 0 Å². The predicted molar refractivity (Wildman–Crippen MR) is 116 cm³/mol. The van der Waals surface area contributed by atoms with Crippen molar-refractivity contribution in [3.63, 3.8) is 0 Å². The van der Waals surface area contributed by atoms with Gasteiger partial charge in [0.05, 0.1) is 37.1 Å². The lowest BCUT2D eigenvalue weighted by atomic mass is 9.85. The average Bonchev–Trinajstić information content (AvgIpc) is 2.67. The van der Waals surface area contributed by atoms with E-state index in [1.807, 2.05) is 0 Å². The lowest BCUT2D eigenvalue weighted by Gasteiger charge is -2.31. The molecule has 0 fully saturated rings. The van der Waals surface area contributed by atoms with E-state index < -0.39 is 35.9 Å². The van der Waals surface area contributed by atoms with Crippen LogP contribution in [0.25, 0.3) is 0 Å².